The first-order valence-corrected chi connectivity index (χ1v) is 11.2. The van der Waals surface area contributed by atoms with Crippen LogP contribution >= 0.6 is 0 Å². The van der Waals surface area contributed by atoms with Crippen LogP contribution in [0.15, 0.2) is 23.5 Å². The lowest BCUT2D eigenvalue weighted by atomic mass is 10.1. The number of hydrogen-bond acceptors (Lipinski definition) is 6. The monoisotopic (exact) mass is 434 g/mol. The van der Waals surface area contributed by atoms with Gasteiger partial charge in [-0.25, -0.2) is 19.2 Å². The van der Waals surface area contributed by atoms with E-state index in [-0.39, 0.29) is 35.2 Å². The number of nitrogens with zero attached hydrogens (tertiary/aromatic N) is 4. The molecular weight excluding hydrogens is 411 g/mol. The van der Waals surface area contributed by atoms with Gasteiger partial charge >= 0.3 is 6.03 Å². The molecule has 0 spiro atoms. The van der Waals surface area contributed by atoms with Crippen LogP contribution in [0.3, 0.4) is 0 Å². The predicted molar refractivity (Wildman–Crippen MR) is 110 cm³/mol. The number of hydrogen-bond donors (Lipinski definition) is 0. The zero-order valence-electron chi connectivity index (χ0n) is 17.1. The van der Waals surface area contributed by atoms with E-state index in [1.165, 1.54) is 37.5 Å². The smallest absolute Gasteiger partial charge is 0.330 e. The van der Waals surface area contributed by atoms with Gasteiger partial charge in [0.15, 0.2) is 11.6 Å². The van der Waals surface area contributed by atoms with Crippen molar-refractivity contribution in [3.8, 4) is 11.5 Å². The van der Waals surface area contributed by atoms with Gasteiger partial charge in [0.25, 0.3) is 0 Å². The summed E-state index contributed by atoms with van der Waals surface area (Å²) in [7, 11) is 1.45. The Balaban J connectivity index is 1.84. The largest absolute Gasteiger partial charge is 0.497 e. The summed E-state index contributed by atoms with van der Waals surface area (Å²) in [6.45, 7) is 0.0846. The second-order valence-corrected chi connectivity index (χ2v) is 8.57. The van der Waals surface area contributed by atoms with Crippen LogP contribution in [0, 0.1) is 5.82 Å². The number of carbonyl (C=O) groups is 1. The maximum atomic E-state index is 15.1. The predicted octanol–water partition coefficient (Wildman–Crippen LogP) is 3.26. The lowest BCUT2D eigenvalue weighted by Gasteiger charge is -2.39. The minimum absolute atomic E-state index is 0.0108. The Labute approximate surface area is 176 Å². The van der Waals surface area contributed by atoms with E-state index in [2.05, 4.69) is 9.97 Å². The number of aromatic nitrogens is 2. The first kappa shape index (κ1) is 20.5. The van der Waals surface area contributed by atoms with Crippen LogP contribution in [0.4, 0.5) is 20.7 Å². The van der Waals surface area contributed by atoms with Gasteiger partial charge in [0.05, 0.1) is 37.3 Å². The number of anilines is 2. The van der Waals surface area contributed by atoms with Crippen molar-refractivity contribution in [1.29, 1.82) is 0 Å². The topological polar surface area (TPSA) is 84.9 Å². The van der Waals surface area contributed by atoms with Gasteiger partial charge in [-0.2, -0.15) is 0 Å². The van der Waals surface area contributed by atoms with E-state index in [1.807, 2.05) is 0 Å². The van der Waals surface area contributed by atoms with E-state index in [4.69, 9.17) is 9.47 Å². The normalized spacial score (nSPS) is 17.8. The zero-order chi connectivity index (χ0) is 21.4. The molecule has 30 heavy (non-hydrogen) atoms. The molecule has 0 saturated heterocycles. The van der Waals surface area contributed by atoms with Gasteiger partial charge in [-0.3, -0.25) is 14.0 Å². The van der Waals surface area contributed by atoms with Crippen molar-refractivity contribution in [2.45, 2.75) is 43.4 Å². The Bertz CT molecular complexity index is 1010. The minimum atomic E-state index is -1.38. The molecule has 0 N–H and O–H groups in total. The summed E-state index contributed by atoms with van der Waals surface area (Å²) in [5.41, 5.74) is 0.727. The lowest BCUT2D eigenvalue weighted by molar-refractivity contribution is 0.247. The summed E-state index contributed by atoms with van der Waals surface area (Å²) in [5, 5.41) is 0.173. The molecular formula is C20H23FN4O4S. The van der Waals surface area contributed by atoms with Crippen molar-refractivity contribution in [3.05, 3.63) is 29.7 Å². The minimum Gasteiger partial charge on any atom is -0.497 e. The highest BCUT2D eigenvalue weighted by Crippen LogP contribution is 2.39. The van der Waals surface area contributed by atoms with Crippen LogP contribution < -0.4 is 19.3 Å². The molecule has 1 unspecified atom stereocenters. The summed E-state index contributed by atoms with van der Waals surface area (Å²) in [6.07, 6.45) is 6.73. The SMILES string of the molecule is COc1cc(OC)c(F)c(N2Cc3cnc(S(C)=O)nc3N(C3CCCC3)C2=O)c1. The second-order valence-electron chi connectivity index (χ2n) is 7.30. The summed E-state index contributed by atoms with van der Waals surface area (Å²) < 4.78 is 37.4. The number of amides is 2. The summed E-state index contributed by atoms with van der Waals surface area (Å²) in [5.74, 6) is 0.179. The molecule has 0 bridgehead atoms. The van der Waals surface area contributed by atoms with Gasteiger partial charge in [0.1, 0.15) is 11.6 Å². The van der Waals surface area contributed by atoms with Gasteiger partial charge in [-0.1, -0.05) is 12.8 Å². The van der Waals surface area contributed by atoms with Crippen molar-refractivity contribution in [1.82, 2.24) is 9.97 Å². The Kier molecular flexibility index (Phi) is 5.59. The fourth-order valence-electron chi connectivity index (χ4n) is 4.00. The number of fused-ring (bicyclic) bond motifs is 1. The van der Waals surface area contributed by atoms with Gasteiger partial charge < -0.3 is 9.47 Å². The highest BCUT2D eigenvalue weighted by molar-refractivity contribution is 7.84. The first-order valence-electron chi connectivity index (χ1n) is 9.66. The third kappa shape index (κ3) is 3.49. The van der Waals surface area contributed by atoms with Crippen LogP contribution in [0.5, 0.6) is 11.5 Å². The Morgan fingerprint density at radius 1 is 1.20 bits per heavy atom. The maximum absolute atomic E-state index is 15.1. The molecule has 2 aromatic rings. The zero-order valence-corrected chi connectivity index (χ0v) is 17.9. The number of urea groups is 1. The molecule has 2 heterocycles. The standard InChI is InChI=1S/C20H23FN4O4S/c1-28-14-8-15(17(21)16(9-14)29-2)24-11-12-10-22-19(30(3)27)23-18(12)25(20(24)26)13-6-4-5-7-13/h8-10,13H,4-7,11H2,1-3H3. The highest BCUT2D eigenvalue weighted by atomic mass is 32.2. The van der Waals surface area contributed by atoms with E-state index in [0.29, 0.717) is 17.1 Å². The third-order valence-corrected chi connectivity index (χ3v) is 6.21. The number of ether oxygens (including phenoxy) is 2. The van der Waals surface area contributed by atoms with Crippen LogP contribution in [0.2, 0.25) is 0 Å². The van der Waals surface area contributed by atoms with Crippen LogP contribution in [0.1, 0.15) is 31.2 Å². The fraction of sp³-hybridized carbons (Fsp3) is 0.450. The number of carbonyl (C=O) groups excluding carboxylic acids is 1. The molecule has 4 rings (SSSR count). The Morgan fingerprint density at radius 2 is 1.93 bits per heavy atom. The number of rotatable bonds is 5. The van der Waals surface area contributed by atoms with Crippen LogP contribution in [-0.2, 0) is 17.3 Å². The first-order chi connectivity index (χ1) is 14.4. The number of methoxy groups -OCH3 is 2. The van der Waals surface area contributed by atoms with Gasteiger partial charge in [-0.05, 0) is 12.8 Å². The number of halogens is 1. The molecule has 1 fully saturated rings. The molecule has 1 atom stereocenters. The quantitative estimate of drug-likeness (QED) is 0.672. The molecule has 0 radical (unpaired) electrons. The van der Waals surface area contributed by atoms with Gasteiger partial charge in [-0.15, -0.1) is 0 Å². The molecule has 2 aliphatic rings. The highest BCUT2D eigenvalue weighted by Gasteiger charge is 2.40. The summed E-state index contributed by atoms with van der Waals surface area (Å²) in [6, 6.07) is 2.48. The molecule has 1 aromatic heterocycles. The van der Waals surface area contributed by atoms with Crippen LogP contribution in [0.25, 0.3) is 0 Å². The lowest BCUT2D eigenvalue weighted by Crippen LogP contribution is -2.52. The molecule has 1 aliphatic heterocycles. The molecule has 8 nitrogen and oxygen atoms in total. The van der Waals surface area contributed by atoms with Crippen molar-refractivity contribution in [3.63, 3.8) is 0 Å². The molecule has 1 aromatic carbocycles. The summed E-state index contributed by atoms with van der Waals surface area (Å²) >= 11 is 0. The number of benzene rings is 1. The van der Waals surface area contributed by atoms with E-state index >= 15 is 4.39 Å². The fourth-order valence-corrected chi connectivity index (χ4v) is 4.42. The summed E-state index contributed by atoms with van der Waals surface area (Å²) in [4.78, 5) is 25.1. The third-order valence-electron chi connectivity index (χ3n) is 5.50. The Hall–Kier alpha value is -2.75. The average molecular weight is 434 g/mol. The second kappa shape index (κ2) is 8.17. The van der Waals surface area contributed by atoms with Crippen molar-refractivity contribution in [2.24, 2.45) is 0 Å². The molecule has 10 heteroatoms. The van der Waals surface area contributed by atoms with E-state index < -0.39 is 16.6 Å². The van der Waals surface area contributed by atoms with Crippen molar-refractivity contribution in [2.75, 3.05) is 30.3 Å². The van der Waals surface area contributed by atoms with E-state index in [9.17, 15) is 9.00 Å². The molecule has 1 aliphatic carbocycles. The molecule has 2 amide bonds. The molecule has 160 valence electrons. The van der Waals surface area contributed by atoms with Gasteiger partial charge in [0.2, 0.25) is 5.16 Å². The average Bonchev–Trinajstić information content (AvgIpc) is 3.27. The van der Waals surface area contributed by atoms with Gasteiger partial charge in [0, 0.05) is 36.2 Å². The van der Waals surface area contributed by atoms with Crippen LogP contribution in [-0.4, -0.2) is 46.7 Å². The molecule has 1 saturated carbocycles. The van der Waals surface area contributed by atoms with E-state index in [1.54, 1.807) is 11.1 Å². The van der Waals surface area contributed by atoms with Crippen molar-refractivity contribution >= 4 is 28.3 Å². The van der Waals surface area contributed by atoms with Crippen molar-refractivity contribution < 1.29 is 22.9 Å². The van der Waals surface area contributed by atoms with E-state index in [0.717, 1.165) is 25.7 Å². The maximum Gasteiger partial charge on any atom is 0.330 e. The Morgan fingerprint density at radius 3 is 2.57 bits per heavy atom.